The van der Waals surface area contributed by atoms with Crippen molar-refractivity contribution < 1.29 is 14.3 Å². The fraction of sp³-hybridized carbons (Fsp3) is 0.412. The van der Waals surface area contributed by atoms with Gasteiger partial charge in [-0.15, -0.1) is 0 Å². The highest BCUT2D eigenvalue weighted by Gasteiger charge is 2.41. The largest absolute Gasteiger partial charge is 0.458 e. The first-order valence-electron chi connectivity index (χ1n) is 7.14. The van der Waals surface area contributed by atoms with E-state index in [0.29, 0.717) is 12.0 Å². The Morgan fingerprint density at radius 1 is 1.25 bits per heavy atom. The van der Waals surface area contributed by atoms with Gasteiger partial charge in [-0.25, -0.2) is 4.79 Å². The average Bonchev–Trinajstić information content (AvgIpc) is 2.75. The quantitative estimate of drug-likeness (QED) is 0.775. The molecule has 0 saturated heterocycles. The van der Waals surface area contributed by atoms with Crippen molar-refractivity contribution in [3.05, 3.63) is 47.5 Å². The second-order valence-corrected chi connectivity index (χ2v) is 5.75. The zero-order valence-corrected chi connectivity index (χ0v) is 11.5. The minimum Gasteiger partial charge on any atom is -0.458 e. The molecule has 0 heterocycles. The van der Waals surface area contributed by atoms with Crippen LogP contribution in [0.25, 0.3) is 0 Å². The van der Waals surface area contributed by atoms with Crippen LogP contribution in [-0.2, 0) is 9.53 Å². The highest BCUT2D eigenvalue weighted by molar-refractivity contribution is 5.92. The van der Waals surface area contributed by atoms with Crippen LogP contribution in [0, 0.1) is 11.8 Å². The van der Waals surface area contributed by atoms with E-state index in [1.54, 1.807) is 18.2 Å². The molecular formula is C17H18O3. The summed E-state index contributed by atoms with van der Waals surface area (Å²) in [5, 5.41) is 0. The number of benzene rings is 1. The molecule has 3 nitrogen and oxygen atoms in total. The standard InChI is InChI=1S/C17H18O3/c1-11-9-13-10-14(18)7-8-15(13)16(11)20-17(19)12-5-3-2-4-6-12/h2-6,10-11,15-16H,7-9H2,1H3/t11?,15?,16-/m1/s1. The number of carbonyl (C=O) groups is 2. The number of rotatable bonds is 2. The Hall–Kier alpha value is -1.90. The predicted molar refractivity (Wildman–Crippen MR) is 75.2 cm³/mol. The van der Waals surface area contributed by atoms with Crippen LogP contribution in [0.3, 0.4) is 0 Å². The Morgan fingerprint density at radius 3 is 2.75 bits per heavy atom. The van der Waals surface area contributed by atoms with Gasteiger partial charge in [0.1, 0.15) is 6.10 Å². The van der Waals surface area contributed by atoms with Gasteiger partial charge in [0.2, 0.25) is 0 Å². The molecule has 0 spiro atoms. The number of allylic oxidation sites excluding steroid dienone is 1. The van der Waals surface area contributed by atoms with Crippen molar-refractivity contribution in [1.82, 2.24) is 0 Å². The van der Waals surface area contributed by atoms with Crippen LogP contribution in [0.2, 0.25) is 0 Å². The minimum atomic E-state index is -0.263. The van der Waals surface area contributed by atoms with Gasteiger partial charge in [-0.2, -0.15) is 0 Å². The molecule has 2 aliphatic rings. The molecular weight excluding hydrogens is 252 g/mol. The van der Waals surface area contributed by atoms with Gasteiger partial charge in [0.15, 0.2) is 5.78 Å². The molecule has 0 aliphatic heterocycles. The number of hydrogen-bond donors (Lipinski definition) is 0. The normalized spacial score (nSPS) is 28.8. The lowest BCUT2D eigenvalue weighted by atomic mass is 9.88. The molecule has 1 aromatic carbocycles. The lowest BCUT2D eigenvalue weighted by Gasteiger charge is -2.25. The van der Waals surface area contributed by atoms with Crippen LogP contribution in [0.5, 0.6) is 0 Å². The van der Waals surface area contributed by atoms with E-state index >= 15 is 0 Å². The number of ether oxygens (including phenoxy) is 1. The van der Waals surface area contributed by atoms with Crippen molar-refractivity contribution in [2.45, 2.75) is 32.3 Å². The van der Waals surface area contributed by atoms with Crippen molar-refractivity contribution in [3.63, 3.8) is 0 Å². The molecule has 1 aromatic rings. The third-order valence-electron chi connectivity index (χ3n) is 4.29. The Morgan fingerprint density at radius 2 is 2.00 bits per heavy atom. The molecule has 3 atom stereocenters. The summed E-state index contributed by atoms with van der Waals surface area (Å²) in [4.78, 5) is 23.7. The Kier molecular flexibility index (Phi) is 3.43. The summed E-state index contributed by atoms with van der Waals surface area (Å²) in [5.41, 5.74) is 1.75. The van der Waals surface area contributed by atoms with E-state index < -0.39 is 0 Å². The maximum Gasteiger partial charge on any atom is 0.338 e. The van der Waals surface area contributed by atoms with Crippen LogP contribution in [-0.4, -0.2) is 17.9 Å². The summed E-state index contributed by atoms with van der Waals surface area (Å²) in [6.07, 6.45) is 3.91. The van der Waals surface area contributed by atoms with E-state index in [0.717, 1.165) is 12.8 Å². The van der Waals surface area contributed by atoms with Crippen molar-refractivity contribution in [2.24, 2.45) is 11.8 Å². The van der Waals surface area contributed by atoms with Crippen molar-refractivity contribution in [1.29, 1.82) is 0 Å². The summed E-state index contributed by atoms with van der Waals surface area (Å²) in [6, 6.07) is 9.08. The van der Waals surface area contributed by atoms with E-state index in [-0.39, 0.29) is 29.7 Å². The smallest absolute Gasteiger partial charge is 0.338 e. The van der Waals surface area contributed by atoms with Gasteiger partial charge >= 0.3 is 5.97 Å². The first-order valence-corrected chi connectivity index (χ1v) is 7.14. The van der Waals surface area contributed by atoms with Gasteiger partial charge in [-0.3, -0.25) is 4.79 Å². The predicted octanol–water partition coefficient (Wildman–Crippen LogP) is 3.16. The molecule has 3 heteroatoms. The first-order chi connectivity index (χ1) is 9.65. The van der Waals surface area contributed by atoms with Crippen LogP contribution in [0.4, 0.5) is 0 Å². The fourth-order valence-electron chi connectivity index (χ4n) is 3.30. The summed E-state index contributed by atoms with van der Waals surface area (Å²) in [5.74, 6) is 0.458. The summed E-state index contributed by atoms with van der Waals surface area (Å²) in [7, 11) is 0. The Balaban J connectivity index is 1.76. The molecule has 0 bridgehead atoms. The molecule has 0 radical (unpaired) electrons. The molecule has 3 rings (SSSR count). The molecule has 0 aromatic heterocycles. The minimum absolute atomic E-state index is 0.0953. The average molecular weight is 270 g/mol. The van der Waals surface area contributed by atoms with Gasteiger partial charge in [0.25, 0.3) is 0 Å². The second kappa shape index (κ2) is 5.23. The van der Waals surface area contributed by atoms with Crippen LogP contribution >= 0.6 is 0 Å². The highest BCUT2D eigenvalue weighted by Crippen LogP contribution is 2.43. The van der Waals surface area contributed by atoms with Gasteiger partial charge < -0.3 is 4.74 Å². The number of esters is 1. The van der Waals surface area contributed by atoms with Crippen molar-refractivity contribution in [3.8, 4) is 0 Å². The zero-order valence-electron chi connectivity index (χ0n) is 11.5. The van der Waals surface area contributed by atoms with Crippen LogP contribution < -0.4 is 0 Å². The monoisotopic (exact) mass is 270 g/mol. The maximum absolute atomic E-state index is 12.2. The second-order valence-electron chi connectivity index (χ2n) is 5.75. The number of fused-ring (bicyclic) bond motifs is 1. The van der Waals surface area contributed by atoms with Crippen LogP contribution in [0.1, 0.15) is 36.5 Å². The van der Waals surface area contributed by atoms with E-state index in [4.69, 9.17) is 4.74 Å². The number of ketones is 1. The molecule has 0 amide bonds. The topological polar surface area (TPSA) is 43.4 Å². The maximum atomic E-state index is 12.2. The third-order valence-corrected chi connectivity index (χ3v) is 4.29. The molecule has 20 heavy (non-hydrogen) atoms. The van der Waals surface area contributed by atoms with Crippen molar-refractivity contribution in [2.75, 3.05) is 0 Å². The van der Waals surface area contributed by atoms with Gasteiger partial charge in [0, 0.05) is 12.3 Å². The summed E-state index contributed by atoms with van der Waals surface area (Å²) >= 11 is 0. The van der Waals surface area contributed by atoms with Gasteiger partial charge in [0.05, 0.1) is 5.56 Å². The first kappa shape index (κ1) is 13.1. The zero-order chi connectivity index (χ0) is 14.1. The van der Waals surface area contributed by atoms with E-state index in [9.17, 15) is 9.59 Å². The van der Waals surface area contributed by atoms with Gasteiger partial charge in [-0.05, 0) is 37.0 Å². The van der Waals surface area contributed by atoms with Crippen LogP contribution in [0.15, 0.2) is 42.0 Å². The van der Waals surface area contributed by atoms with E-state index in [2.05, 4.69) is 6.92 Å². The molecule has 0 N–H and O–H groups in total. The number of hydrogen-bond acceptors (Lipinski definition) is 3. The van der Waals surface area contributed by atoms with E-state index in [1.165, 1.54) is 5.57 Å². The van der Waals surface area contributed by atoms with E-state index in [1.807, 2.05) is 18.2 Å². The molecule has 2 unspecified atom stereocenters. The summed E-state index contributed by atoms with van der Waals surface area (Å²) in [6.45, 7) is 2.09. The third kappa shape index (κ3) is 2.40. The lowest BCUT2D eigenvalue weighted by molar-refractivity contribution is -0.115. The molecule has 2 aliphatic carbocycles. The Labute approximate surface area is 118 Å². The van der Waals surface area contributed by atoms with Crippen molar-refractivity contribution >= 4 is 11.8 Å². The Bertz CT molecular complexity index is 559. The number of carbonyl (C=O) groups excluding carboxylic acids is 2. The van der Waals surface area contributed by atoms with Gasteiger partial charge in [-0.1, -0.05) is 30.7 Å². The fourth-order valence-corrected chi connectivity index (χ4v) is 3.30. The SMILES string of the molecule is CC1CC2=CC(=O)CCC2[C@@H]1OC(=O)c1ccccc1. The molecule has 1 fully saturated rings. The lowest BCUT2D eigenvalue weighted by Crippen LogP contribution is -2.28. The molecule has 1 saturated carbocycles. The highest BCUT2D eigenvalue weighted by atomic mass is 16.5. The summed E-state index contributed by atoms with van der Waals surface area (Å²) < 4.78 is 5.72. The molecule has 104 valence electrons.